The number of amides is 4. The minimum Gasteiger partial charge on any atom is -0.435 e. The zero-order chi connectivity index (χ0) is 21.2. The van der Waals surface area contributed by atoms with E-state index in [9.17, 15) is 27.6 Å². The monoisotopic (exact) mass is 407 g/mol. The van der Waals surface area contributed by atoms with Gasteiger partial charge in [-0.1, -0.05) is 24.3 Å². The second-order valence-electron chi connectivity index (χ2n) is 6.38. The van der Waals surface area contributed by atoms with E-state index in [-0.39, 0.29) is 11.4 Å². The number of carbonyl (C=O) groups excluding carboxylic acids is 3. The highest BCUT2D eigenvalue weighted by atomic mass is 19.3. The normalized spacial score (nSPS) is 18.7. The third-order valence-electron chi connectivity index (χ3n) is 4.38. The fourth-order valence-electron chi connectivity index (χ4n) is 2.90. The van der Waals surface area contributed by atoms with Crippen LogP contribution in [0.15, 0.2) is 48.5 Å². The van der Waals surface area contributed by atoms with Crippen molar-refractivity contribution in [2.24, 2.45) is 0 Å². The van der Waals surface area contributed by atoms with Crippen LogP contribution in [-0.4, -0.2) is 35.9 Å². The van der Waals surface area contributed by atoms with Gasteiger partial charge in [-0.2, -0.15) is 8.78 Å². The first-order chi connectivity index (χ1) is 13.7. The number of alkyl halides is 2. The molecule has 2 aromatic rings. The van der Waals surface area contributed by atoms with Gasteiger partial charge >= 0.3 is 12.6 Å². The summed E-state index contributed by atoms with van der Waals surface area (Å²) in [7, 11) is 0. The number of benzene rings is 2. The van der Waals surface area contributed by atoms with Crippen LogP contribution in [0.1, 0.15) is 12.5 Å². The van der Waals surface area contributed by atoms with Crippen molar-refractivity contribution in [2.45, 2.75) is 19.1 Å². The number of imide groups is 1. The van der Waals surface area contributed by atoms with E-state index in [1.54, 1.807) is 0 Å². The van der Waals surface area contributed by atoms with Gasteiger partial charge in [0.25, 0.3) is 5.91 Å². The Balaban J connectivity index is 1.73. The van der Waals surface area contributed by atoms with Gasteiger partial charge in [-0.3, -0.25) is 14.5 Å². The molecular weight excluding hydrogens is 391 g/mol. The summed E-state index contributed by atoms with van der Waals surface area (Å²) in [5, 5.41) is 4.78. The second-order valence-corrected chi connectivity index (χ2v) is 6.38. The predicted molar refractivity (Wildman–Crippen MR) is 95.7 cm³/mol. The molecule has 0 unspecified atom stereocenters. The molecule has 0 radical (unpaired) electrons. The smallest absolute Gasteiger partial charge is 0.387 e. The van der Waals surface area contributed by atoms with Crippen LogP contribution in [0.25, 0.3) is 0 Å². The van der Waals surface area contributed by atoms with E-state index in [4.69, 9.17) is 0 Å². The number of nitrogens with one attached hydrogen (secondary N) is 2. The SMILES string of the molecule is C[C@@]1(c2ccc(OC(F)F)cc2)NC(=O)N(CC(=O)Nc2ccccc2F)C1=O. The summed E-state index contributed by atoms with van der Waals surface area (Å²) in [6, 6.07) is 9.84. The first-order valence-corrected chi connectivity index (χ1v) is 8.44. The maximum Gasteiger partial charge on any atom is 0.387 e. The molecule has 10 heteroatoms. The second kappa shape index (κ2) is 7.82. The van der Waals surface area contributed by atoms with E-state index in [0.29, 0.717) is 10.5 Å². The van der Waals surface area contributed by atoms with Crippen molar-refractivity contribution >= 4 is 23.5 Å². The van der Waals surface area contributed by atoms with Gasteiger partial charge < -0.3 is 15.4 Å². The Labute approximate surface area is 163 Å². The summed E-state index contributed by atoms with van der Waals surface area (Å²) >= 11 is 0. The fourth-order valence-corrected chi connectivity index (χ4v) is 2.90. The number of hydrogen-bond acceptors (Lipinski definition) is 4. The van der Waals surface area contributed by atoms with E-state index in [1.165, 1.54) is 49.4 Å². The topological polar surface area (TPSA) is 87.7 Å². The lowest BCUT2D eigenvalue weighted by atomic mass is 9.92. The van der Waals surface area contributed by atoms with E-state index >= 15 is 0 Å². The Morgan fingerprint density at radius 2 is 1.83 bits per heavy atom. The average molecular weight is 407 g/mol. The van der Waals surface area contributed by atoms with Gasteiger partial charge in [0.2, 0.25) is 5.91 Å². The lowest BCUT2D eigenvalue weighted by Gasteiger charge is -2.22. The summed E-state index contributed by atoms with van der Waals surface area (Å²) in [6.07, 6.45) is 0. The Morgan fingerprint density at radius 3 is 2.45 bits per heavy atom. The van der Waals surface area contributed by atoms with Crippen molar-refractivity contribution in [2.75, 3.05) is 11.9 Å². The molecule has 2 aromatic carbocycles. The van der Waals surface area contributed by atoms with Gasteiger partial charge in [-0.25, -0.2) is 9.18 Å². The Morgan fingerprint density at radius 1 is 1.17 bits per heavy atom. The van der Waals surface area contributed by atoms with Crippen molar-refractivity contribution in [3.05, 3.63) is 59.9 Å². The molecule has 1 aliphatic rings. The fraction of sp³-hybridized carbons (Fsp3) is 0.211. The minimum atomic E-state index is -2.99. The highest BCUT2D eigenvalue weighted by Gasteiger charge is 2.49. The third-order valence-corrected chi connectivity index (χ3v) is 4.38. The van der Waals surface area contributed by atoms with E-state index in [2.05, 4.69) is 15.4 Å². The molecule has 7 nitrogen and oxygen atoms in total. The number of rotatable bonds is 6. The van der Waals surface area contributed by atoms with Crippen molar-refractivity contribution in [1.29, 1.82) is 0 Å². The molecule has 4 amide bonds. The molecule has 0 bridgehead atoms. The predicted octanol–water partition coefficient (Wildman–Crippen LogP) is 2.83. The van der Waals surface area contributed by atoms with Crippen molar-refractivity contribution in [3.8, 4) is 5.75 Å². The molecule has 29 heavy (non-hydrogen) atoms. The van der Waals surface area contributed by atoms with Gasteiger partial charge in [-0.15, -0.1) is 0 Å². The summed E-state index contributed by atoms with van der Waals surface area (Å²) in [4.78, 5) is 37.9. The standard InChI is InChI=1S/C19H16F3N3O4/c1-19(11-6-8-12(9-7-11)29-17(21)22)16(27)25(18(28)24-19)10-15(26)23-14-5-3-2-4-13(14)20/h2-9,17H,10H2,1H3,(H,23,26)(H,24,28)/t19-/m0/s1. The van der Waals surface area contributed by atoms with Crippen LogP contribution in [0.3, 0.4) is 0 Å². The Hall–Kier alpha value is -3.56. The van der Waals surface area contributed by atoms with Gasteiger partial charge in [0, 0.05) is 0 Å². The van der Waals surface area contributed by atoms with Crippen LogP contribution in [0, 0.1) is 5.82 Å². The maximum absolute atomic E-state index is 13.6. The summed E-state index contributed by atoms with van der Waals surface area (Å²) < 4.78 is 42.4. The molecule has 3 rings (SSSR count). The van der Waals surface area contributed by atoms with Crippen LogP contribution in [-0.2, 0) is 15.1 Å². The largest absolute Gasteiger partial charge is 0.435 e. The number of ether oxygens (including phenoxy) is 1. The number of nitrogens with zero attached hydrogens (tertiary/aromatic N) is 1. The zero-order valence-corrected chi connectivity index (χ0v) is 15.1. The molecule has 0 saturated carbocycles. The molecule has 152 valence electrons. The van der Waals surface area contributed by atoms with Crippen molar-refractivity contribution in [1.82, 2.24) is 10.2 Å². The molecule has 1 aliphatic heterocycles. The van der Waals surface area contributed by atoms with E-state index in [0.717, 1.165) is 6.07 Å². The molecule has 0 aromatic heterocycles. The molecule has 1 heterocycles. The minimum absolute atomic E-state index is 0.0815. The molecule has 0 aliphatic carbocycles. The number of halogens is 3. The number of anilines is 1. The van der Waals surface area contributed by atoms with Gasteiger partial charge in [0.1, 0.15) is 23.7 Å². The van der Waals surface area contributed by atoms with Gasteiger partial charge in [0.15, 0.2) is 0 Å². The maximum atomic E-state index is 13.6. The van der Waals surface area contributed by atoms with Crippen LogP contribution < -0.4 is 15.4 Å². The molecule has 1 atom stereocenters. The van der Waals surface area contributed by atoms with Crippen LogP contribution in [0.4, 0.5) is 23.7 Å². The lowest BCUT2D eigenvalue weighted by Crippen LogP contribution is -2.42. The van der Waals surface area contributed by atoms with Crippen LogP contribution >= 0.6 is 0 Å². The molecule has 0 spiro atoms. The van der Waals surface area contributed by atoms with Gasteiger partial charge in [-0.05, 0) is 36.8 Å². The number of para-hydroxylation sites is 1. The Bertz CT molecular complexity index is 952. The quantitative estimate of drug-likeness (QED) is 0.721. The number of carbonyl (C=O) groups is 3. The van der Waals surface area contributed by atoms with E-state index in [1.807, 2.05) is 0 Å². The third kappa shape index (κ3) is 4.15. The average Bonchev–Trinajstić information content (AvgIpc) is 2.88. The summed E-state index contributed by atoms with van der Waals surface area (Å²) in [5.41, 5.74) is -1.27. The summed E-state index contributed by atoms with van der Waals surface area (Å²) in [5.74, 6) is -2.24. The Kier molecular flexibility index (Phi) is 5.44. The van der Waals surface area contributed by atoms with Crippen LogP contribution in [0.2, 0.25) is 0 Å². The zero-order valence-electron chi connectivity index (χ0n) is 15.1. The first kappa shape index (κ1) is 20.2. The lowest BCUT2D eigenvalue weighted by molar-refractivity contribution is -0.133. The van der Waals surface area contributed by atoms with Crippen molar-refractivity contribution in [3.63, 3.8) is 0 Å². The van der Waals surface area contributed by atoms with Crippen LogP contribution in [0.5, 0.6) is 5.75 Å². The van der Waals surface area contributed by atoms with Crippen molar-refractivity contribution < 1.29 is 32.3 Å². The number of hydrogen-bond donors (Lipinski definition) is 2. The number of urea groups is 1. The van der Waals surface area contributed by atoms with Gasteiger partial charge in [0.05, 0.1) is 5.69 Å². The molecule has 1 saturated heterocycles. The van der Waals surface area contributed by atoms with E-state index < -0.39 is 42.4 Å². The highest BCUT2D eigenvalue weighted by molar-refractivity contribution is 6.10. The summed E-state index contributed by atoms with van der Waals surface area (Å²) in [6.45, 7) is -2.20. The molecular formula is C19H16F3N3O4. The highest BCUT2D eigenvalue weighted by Crippen LogP contribution is 2.30. The molecule has 1 fully saturated rings. The molecule has 2 N–H and O–H groups in total. The first-order valence-electron chi connectivity index (χ1n) is 8.44.